The summed E-state index contributed by atoms with van der Waals surface area (Å²) in [5.41, 5.74) is 2.26. The highest BCUT2D eigenvalue weighted by Crippen LogP contribution is 2.28. The average molecular weight is 327 g/mol. The van der Waals surface area contributed by atoms with Crippen molar-refractivity contribution in [2.45, 2.75) is 25.5 Å². The molecule has 0 saturated heterocycles. The van der Waals surface area contributed by atoms with Gasteiger partial charge in [0.05, 0.1) is 11.9 Å². The van der Waals surface area contributed by atoms with Gasteiger partial charge in [0.15, 0.2) is 0 Å². The van der Waals surface area contributed by atoms with Crippen molar-refractivity contribution in [1.82, 2.24) is 9.55 Å². The van der Waals surface area contributed by atoms with E-state index in [0.29, 0.717) is 6.42 Å². The molecule has 1 unspecified atom stereocenters. The van der Waals surface area contributed by atoms with Gasteiger partial charge in [-0.2, -0.15) is 0 Å². The van der Waals surface area contributed by atoms with E-state index < -0.39 is 5.60 Å². The molecular weight excluding hydrogens is 308 g/mol. The van der Waals surface area contributed by atoms with E-state index in [1.807, 2.05) is 66.2 Å². The summed E-state index contributed by atoms with van der Waals surface area (Å²) < 4.78 is 1.97. The highest BCUT2D eigenvalue weighted by Gasteiger charge is 2.22. The van der Waals surface area contributed by atoms with Crippen LogP contribution >= 0.6 is 11.6 Å². The molecule has 1 atom stereocenters. The Balaban J connectivity index is 1.73. The minimum Gasteiger partial charge on any atom is -0.385 e. The number of aryl methyl sites for hydroxylation is 1. The van der Waals surface area contributed by atoms with Crippen molar-refractivity contribution in [2.24, 2.45) is 0 Å². The zero-order valence-electron chi connectivity index (χ0n) is 13.0. The summed E-state index contributed by atoms with van der Waals surface area (Å²) in [6.07, 6.45) is 6.04. The van der Waals surface area contributed by atoms with Gasteiger partial charge in [0.25, 0.3) is 0 Å². The van der Waals surface area contributed by atoms with Gasteiger partial charge in [0.1, 0.15) is 0 Å². The Labute approximate surface area is 141 Å². The van der Waals surface area contributed by atoms with Crippen LogP contribution in [0, 0.1) is 0 Å². The standard InChI is InChI=1S/C19H19ClN2O/c1-19(23,10-12-22-13-11-21-14-22)17-6-2-15(3-7-17)16-4-8-18(20)9-5-16/h2-9,11,13-14,23H,10,12H2,1H3. The van der Waals surface area contributed by atoms with Crippen LogP contribution in [0.3, 0.4) is 0 Å². The van der Waals surface area contributed by atoms with Crippen molar-refractivity contribution in [1.29, 1.82) is 0 Å². The van der Waals surface area contributed by atoms with Gasteiger partial charge in [-0.1, -0.05) is 48.0 Å². The van der Waals surface area contributed by atoms with Crippen molar-refractivity contribution in [3.63, 3.8) is 0 Å². The molecule has 0 spiro atoms. The Bertz CT molecular complexity index is 747. The first kappa shape index (κ1) is 15.8. The molecule has 0 fully saturated rings. The maximum atomic E-state index is 10.7. The van der Waals surface area contributed by atoms with E-state index in [1.54, 1.807) is 12.5 Å². The molecule has 3 nitrogen and oxygen atoms in total. The molecule has 0 bridgehead atoms. The molecule has 3 rings (SSSR count). The molecule has 1 N–H and O–H groups in total. The lowest BCUT2D eigenvalue weighted by Crippen LogP contribution is -2.23. The number of nitrogens with zero attached hydrogens (tertiary/aromatic N) is 2. The smallest absolute Gasteiger partial charge is 0.0945 e. The van der Waals surface area contributed by atoms with Gasteiger partial charge in [-0.25, -0.2) is 4.98 Å². The van der Waals surface area contributed by atoms with Gasteiger partial charge in [-0.15, -0.1) is 0 Å². The third kappa shape index (κ3) is 3.81. The molecule has 0 amide bonds. The topological polar surface area (TPSA) is 38.0 Å². The van der Waals surface area contributed by atoms with Gasteiger partial charge < -0.3 is 9.67 Å². The minimum absolute atomic E-state index is 0.629. The van der Waals surface area contributed by atoms with Gasteiger partial charge >= 0.3 is 0 Å². The Morgan fingerprint density at radius 2 is 1.65 bits per heavy atom. The number of aromatic nitrogens is 2. The predicted octanol–water partition coefficient (Wildman–Crippen LogP) is 4.50. The summed E-state index contributed by atoms with van der Waals surface area (Å²) in [6, 6.07) is 15.8. The first-order valence-corrected chi connectivity index (χ1v) is 7.97. The summed E-state index contributed by atoms with van der Waals surface area (Å²) in [6.45, 7) is 2.58. The number of benzene rings is 2. The van der Waals surface area contributed by atoms with E-state index in [9.17, 15) is 5.11 Å². The molecule has 1 heterocycles. The van der Waals surface area contributed by atoms with Gasteiger partial charge in [-0.3, -0.25) is 0 Å². The largest absolute Gasteiger partial charge is 0.385 e. The summed E-state index contributed by atoms with van der Waals surface area (Å²) in [7, 11) is 0. The lowest BCUT2D eigenvalue weighted by atomic mass is 9.91. The summed E-state index contributed by atoms with van der Waals surface area (Å²) in [4.78, 5) is 4.02. The zero-order chi connectivity index (χ0) is 16.3. The second-order valence-corrected chi connectivity index (χ2v) is 6.35. The van der Waals surface area contributed by atoms with Crippen LogP contribution in [0.25, 0.3) is 11.1 Å². The first-order valence-electron chi connectivity index (χ1n) is 7.59. The van der Waals surface area contributed by atoms with Crippen LogP contribution in [0.4, 0.5) is 0 Å². The summed E-state index contributed by atoms with van der Waals surface area (Å²) in [5.74, 6) is 0. The monoisotopic (exact) mass is 326 g/mol. The number of imidazole rings is 1. The molecule has 0 aliphatic carbocycles. The minimum atomic E-state index is -0.872. The molecule has 3 aromatic rings. The van der Waals surface area contributed by atoms with E-state index in [-0.39, 0.29) is 0 Å². The van der Waals surface area contributed by atoms with Crippen LogP contribution in [-0.2, 0) is 12.1 Å². The van der Waals surface area contributed by atoms with E-state index in [0.717, 1.165) is 28.3 Å². The van der Waals surface area contributed by atoms with Gasteiger partial charge in [0, 0.05) is 24.0 Å². The lowest BCUT2D eigenvalue weighted by Gasteiger charge is -2.24. The molecule has 4 heteroatoms. The van der Waals surface area contributed by atoms with Crippen LogP contribution in [0.2, 0.25) is 5.02 Å². The fourth-order valence-corrected chi connectivity index (χ4v) is 2.70. The SMILES string of the molecule is CC(O)(CCn1ccnc1)c1ccc(-c2ccc(Cl)cc2)cc1. The van der Waals surface area contributed by atoms with E-state index in [2.05, 4.69) is 4.98 Å². The van der Waals surface area contributed by atoms with Gasteiger partial charge in [0.2, 0.25) is 0 Å². The van der Waals surface area contributed by atoms with Crippen molar-refractivity contribution in [3.05, 3.63) is 77.8 Å². The molecule has 0 radical (unpaired) electrons. The third-order valence-corrected chi connectivity index (χ3v) is 4.35. The molecule has 118 valence electrons. The molecule has 0 saturated carbocycles. The van der Waals surface area contributed by atoms with Crippen LogP contribution in [0.1, 0.15) is 18.9 Å². The average Bonchev–Trinajstić information content (AvgIpc) is 3.08. The zero-order valence-corrected chi connectivity index (χ0v) is 13.7. The summed E-state index contributed by atoms with van der Waals surface area (Å²) in [5, 5.41) is 11.5. The Morgan fingerprint density at radius 3 is 2.22 bits per heavy atom. The molecule has 0 aliphatic rings. The quantitative estimate of drug-likeness (QED) is 0.749. The van der Waals surface area contributed by atoms with Crippen molar-refractivity contribution < 1.29 is 5.11 Å². The maximum absolute atomic E-state index is 10.7. The Hall–Kier alpha value is -2.10. The Kier molecular flexibility index (Phi) is 4.51. The Morgan fingerprint density at radius 1 is 1.04 bits per heavy atom. The fraction of sp³-hybridized carbons (Fsp3) is 0.211. The van der Waals surface area contributed by atoms with E-state index >= 15 is 0 Å². The highest BCUT2D eigenvalue weighted by atomic mass is 35.5. The van der Waals surface area contributed by atoms with Gasteiger partial charge in [-0.05, 0) is 42.2 Å². The highest BCUT2D eigenvalue weighted by molar-refractivity contribution is 6.30. The predicted molar refractivity (Wildman–Crippen MR) is 93.3 cm³/mol. The number of halogens is 1. The second-order valence-electron chi connectivity index (χ2n) is 5.91. The molecule has 23 heavy (non-hydrogen) atoms. The van der Waals surface area contributed by atoms with Crippen LogP contribution in [-0.4, -0.2) is 14.7 Å². The molecular formula is C19H19ClN2O. The van der Waals surface area contributed by atoms with Crippen molar-refractivity contribution >= 4 is 11.6 Å². The number of hydrogen-bond donors (Lipinski definition) is 1. The number of aliphatic hydroxyl groups is 1. The second kappa shape index (κ2) is 6.57. The third-order valence-electron chi connectivity index (χ3n) is 4.10. The van der Waals surface area contributed by atoms with Crippen molar-refractivity contribution in [2.75, 3.05) is 0 Å². The summed E-state index contributed by atoms with van der Waals surface area (Å²) >= 11 is 5.92. The maximum Gasteiger partial charge on any atom is 0.0945 e. The van der Waals surface area contributed by atoms with E-state index in [4.69, 9.17) is 11.6 Å². The normalized spacial score (nSPS) is 13.7. The van der Waals surface area contributed by atoms with Crippen LogP contribution < -0.4 is 0 Å². The van der Waals surface area contributed by atoms with Crippen molar-refractivity contribution in [3.8, 4) is 11.1 Å². The van der Waals surface area contributed by atoms with E-state index in [1.165, 1.54) is 0 Å². The number of hydrogen-bond acceptors (Lipinski definition) is 2. The molecule has 2 aromatic carbocycles. The first-order chi connectivity index (χ1) is 11.0. The molecule has 0 aliphatic heterocycles. The van der Waals surface area contributed by atoms with Crippen LogP contribution in [0.15, 0.2) is 67.3 Å². The molecule has 1 aromatic heterocycles. The lowest BCUT2D eigenvalue weighted by molar-refractivity contribution is 0.0431. The van der Waals surface area contributed by atoms with Crippen LogP contribution in [0.5, 0.6) is 0 Å². The fourth-order valence-electron chi connectivity index (χ4n) is 2.57. The number of rotatable bonds is 5.